The van der Waals surface area contributed by atoms with Gasteiger partial charge in [-0.25, -0.2) is 4.79 Å². The Bertz CT molecular complexity index is 347. The fourth-order valence-corrected chi connectivity index (χ4v) is 1.23. The molecule has 0 heterocycles. The monoisotopic (exact) mass is 254 g/mol. The molecule has 0 saturated carbocycles. The molecule has 1 N–H and O–H groups in total. The maximum Gasteiger partial charge on any atom is 0.329 e. The zero-order valence-corrected chi connectivity index (χ0v) is 10.4. The maximum absolute atomic E-state index is 10.2. The fourth-order valence-electron chi connectivity index (χ4n) is 1.23. The van der Waals surface area contributed by atoms with Crippen LogP contribution in [0.5, 0.6) is 11.5 Å². The third-order valence-corrected chi connectivity index (χ3v) is 2.02. The molecule has 0 fully saturated rings. The van der Waals surface area contributed by atoms with Crippen LogP contribution in [0, 0.1) is 0 Å². The van der Waals surface area contributed by atoms with Crippen molar-refractivity contribution >= 4 is 5.97 Å². The highest BCUT2D eigenvalue weighted by Crippen LogP contribution is 2.17. The van der Waals surface area contributed by atoms with E-state index in [1.165, 1.54) is 0 Å². The Morgan fingerprint density at radius 1 is 1.06 bits per heavy atom. The van der Waals surface area contributed by atoms with Gasteiger partial charge in [0, 0.05) is 0 Å². The molecule has 0 bridgehead atoms. The molecule has 1 aromatic rings. The molecule has 0 aliphatic heterocycles. The molecule has 5 nitrogen and oxygen atoms in total. The first kappa shape index (κ1) is 14.3. The van der Waals surface area contributed by atoms with Crippen LogP contribution in [0.25, 0.3) is 0 Å². The highest BCUT2D eigenvalue weighted by molar-refractivity contribution is 5.67. The van der Waals surface area contributed by atoms with Gasteiger partial charge in [-0.15, -0.1) is 0 Å². The Kier molecular flexibility index (Phi) is 6.64. The Morgan fingerprint density at radius 3 is 2.11 bits per heavy atom. The van der Waals surface area contributed by atoms with E-state index in [-0.39, 0.29) is 13.2 Å². The van der Waals surface area contributed by atoms with Gasteiger partial charge in [0.1, 0.15) is 24.7 Å². The third-order valence-electron chi connectivity index (χ3n) is 2.02. The van der Waals surface area contributed by atoms with Crippen LogP contribution >= 0.6 is 0 Å². The smallest absolute Gasteiger partial charge is 0.329 e. The van der Waals surface area contributed by atoms with Gasteiger partial charge in [-0.1, -0.05) is 6.92 Å². The minimum Gasteiger partial charge on any atom is -0.494 e. The summed E-state index contributed by atoms with van der Waals surface area (Å²) in [4.78, 5) is 10.2. The van der Waals surface area contributed by atoms with Crippen molar-refractivity contribution in [3.63, 3.8) is 0 Å². The first-order chi connectivity index (χ1) is 8.72. The van der Waals surface area contributed by atoms with Gasteiger partial charge in [0.25, 0.3) is 0 Å². The molecule has 18 heavy (non-hydrogen) atoms. The van der Waals surface area contributed by atoms with Gasteiger partial charge in [0.15, 0.2) is 0 Å². The summed E-state index contributed by atoms with van der Waals surface area (Å²) in [6.45, 7) is 3.02. The van der Waals surface area contributed by atoms with E-state index in [2.05, 4.69) is 6.92 Å². The van der Waals surface area contributed by atoms with Crippen molar-refractivity contribution in [3.05, 3.63) is 24.3 Å². The molecule has 1 rings (SSSR count). The summed E-state index contributed by atoms with van der Waals surface area (Å²) in [6.07, 6.45) is 0.971. The van der Waals surface area contributed by atoms with Crippen molar-refractivity contribution < 1.29 is 24.1 Å². The normalized spacial score (nSPS) is 10.1. The Hall–Kier alpha value is -1.75. The predicted octanol–water partition coefficient (Wildman–Crippen LogP) is 1.96. The number of rotatable bonds is 9. The largest absolute Gasteiger partial charge is 0.494 e. The van der Waals surface area contributed by atoms with Crippen LogP contribution in [-0.4, -0.2) is 37.5 Å². The number of carboxylic acid groups (broad SMARTS) is 1. The number of carbonyl (C=O) groups is 1. The molecule has 0 aromatic heterocycles. The highest BCUT2D eigenvalue weighted by Gasteiger charge is 1.98. The molecule has 0 spiro atoms. The number of aliphatic carboxylic acids is 1. The lowest BCUT2D eigenvalue weighted by Crippen LogP contribution is -2.12. The van der Waals surface area contributed by atoms with E-state index in [9.17, 15) is 4.79 Å². The second-order valence-electron chi connectivity index (χ2n) is 3.61. The van der Waals surface area contributed by atoms with E-state index < -0.39 is 5.97 Å². The van der Waals surface area contributed by atoms with E-state index in [0.29, 0.717) is 19.0 Å². The van der Waals surface area contributed by atoms with E-state index >= 15 is 0 Å². The van der Waals surface area contributed by atoms with Gasteiger partial charge in [0.2, 0.25) is 0 Å². The molecule has 0 radical (unpaired) electrons. The second kappa shape index (κ2) is 8.36. The maximum atomic E-state index is 10.2. The summed E-state index contributed by atoms with van der Waals surface area (Å²) in [7, 11) is 0. The van der Waals surface area contributed by atoms with Crippen LogP contribution in [0.2, 0.25) is 0 Å². The average molecular weight is 254 g/mol. The molecular weight excluding hydrogens is 236 g/mol. The number of carboxylic acids is 1. The van der Waals surface area contributed by atoms with Gasteiger partial charge in [-0.2, -0.15) is 0 Å². The first-order valence-corrected chi connectivity index (χ1v) is 5.87. The van der Waals surface area contributed by atoms with Gasteiger partial charge in [-0.3, -0.25) is 0 Å². The zero-order chi connectivity index (χ0) is 13.2. The number of hydrogen-bond acceptors (Lipinski definition) is 4. The van der Waals surface area contributed by atoms with Crippen LogP contribution in [0.4, 0.5) is 0 Å². The average Bonchev–Trinajstić information content (AvgIpc) is 2.37. The predicted molar refractivity (Wildman–Crippen MR) is 66.2 cm³/mol. The van der Waals surface area contributed by atoms with Gasteiger partial charge >= 0.3 is 5.97 Å². The third kappa shape index (κ3) is 6.10. The lowest BCUT2D eigenvalue weighted by molar-refractivity contribution is -0.142. The van der Waals surface area contributed by atoms with Crippen LogP contribution in [0.1, 0.15) is 13.3 Å². The van der Waals surface area contributed by atoms with Crippen molar-refractivity contribution in [1.82, 2.24) is 0 Å². The lowest BCUT2D eigenvalue weighted by Gasteiger charge is -2.08. The van der Waals surface area contributed by atoms with Crippen molar-refractivity contribution in [2.45, 2.75) is 13.3 Å². The topological polar surface area (TPSA) is 65.0 Å². The molecule has 0 aliphatic carbocycles. The van der Waals surface area contributed by atoms with Crippen LogP contribution in [-0.2, 0) is 9.53 Å². The Labute approximate surface area is 106 Å². The highest BCUT2D eigenvalue weighted by atomic mass is 16.5. The minimum atomic E-state index is -0.979. The molecule has 5 heteroatoms. The van der Waals surface area contributed by atoms with E-state index in [0.717, 1.165) is 12.2 Å². The zero-order valence-electron chi connectivity index (χ0n) is 10.4. The summed E-state index contributed by atoms with van der Waals surface area (Å²) in [5.74, 6) is 0.538. The van der Waals surface area contributed by atoms with Crippen LogP contribution in [0.3, 0.4) is 0 Å². The summed E-state index contributed by atoms with van der Waals surface area (Å²) in [5.41, 5.74) is 0. The van der Waals surface area contributed by atoms with Gasteiger partial charge in [-0.05, 0) is 30.7 Å². The van der Waals surface area contributed by atoms with Crippen molar-refractivity contribution in [2.75, 3.05) is 26.4 Å². The molecule has 0 aliphatic rings. The molecule has 0 saturated heterocycles. The van der Waals surface area contributed by atoms with E-state index in [4.69, 9.17) is 19.3 Å². The van der Waals surface area contributed by atoms with E-state index in [1.54, 1.807) is 0 Å². The number of hydrogen-bond donors (Lipinski definition) is 1. The minimum absolute atomic E-state index is 0.250. The van der Waals surface area contributed by atoms with Gasteiger partial charge in [0.05, 0.1) is 13.2 Å². The summed E-state index contributed by atoms with van der Waals surface area (Å²) < 4.78 is 15.7. The number of ether oxygens (including phenoxy) is 3. The molecule has 0 atom stereocenters. The molecule has 100 valence electrons. The summed E-state index contributed by atoms with van der Waals surface area (Å²) in [5, 5.41) is 8.35. The van der Waals surface area contributed by atoms with Crippen LogP contribution in [0.15, 0.2) is 24.3 Å². The number of benzene rings is 1. The lowest BCUT2D eigenvalue weighted by atomic mass is 10.3. The van der Waals surface area contributed by atoms with Crippen molar-refractivity contribution in [1.29, 1.82) is 0 Å². The second-order valence-corrected chi connectivity index (χ2v) is 3.61. The van der Waals surface area contributed by atoms with Crippen LogP contribution < -0.4 is 9.47 Å². The Balaban J connectivity index is 2.20. The first-order valence-electron chi connectivity index (χ1n) is 5.87. The molecule has 1 aromatic carbocycles. The molecule has 0 amide bonds. The SMILES string of the molecule is CCCOc1ccc(OCCOCC(=O)O)cc1. The van der Waals surface area contributed by atoms with Gasteiger partial charge < -0.3 is 19.3 Å². The summed E-state index contributed by atoms with van der Waals surface area (Å²) >= 11 is 0. The van der Waals surface area contributed by atoms with E-state index in [1.807, 2.05) is 24.3 Å². The fraction of sp³-hybridized carbons (Fsp3) is 0.462. The molecule has 0 unspecified atom stereocenters. The molecular formula is C13H18O5. The summed E-state index contributed by atoms with van der Waals surface area (Å²) in [6, 6.07) is 7.29. The van der Waals surface area contributed by atoms with Crippen molar-refractivity contribution in [2.24, 2.45) is 0 Å². The Morgan fingerprint density at radius 2 is 1.61 bits per heavy atom. The standard InChI is InChI=1S/C13H18O5/c1-2-7-17-11-3-5-12(6-4-11)18-9-8-16-10-13(14)15/h3-6H,2,7-10H2,1H3,(H,14,15). The van der Waals surface area contributed by atoms with Crippen molar-refractivity contribution in [3.8, 4) is 11.5 Å². The quantitative estimate of drug-likeness (QED) is 0.682.